The highest BCUT2D eigenvalue weighted by atomic mass is 32.1. The molecule has 3 rings (SSSR count). The molecule has 1 heterocycles. The summed E-state index contributed by atoms with van der Waals surface area (Å²) in [6, 6.07) is 19.7. The van der Waals surface area contributed by atoms with E-state index in [1.54, 1.807) is 11.0 Å². The number of halogens is 2. The summed E-state index contributed by atoms with van der Waals surface area (Å²) in [5.41, 5.74) is 1.02. The normalized spacial score (nSPS) is 16.9. The Morgan fingerprint density at radius 2 is 1.38 bits per heavy atom. The van der Waals surface area contributed by atoms with Gasteiger partial charge in [-0.25, -0.2) is 8.78 Å². The number of hydrogen-bond donors (Lipinski definition) is 0. The van der Waals surface area contributed by atoms with Gasteiger partial charge in [0.1, 0.15) is 0 Å². The van der Waals surface area contributed by atoms with Crippen molar-refractivity contribution in [1.29, 1.82) is 0 Å². The molecule has 3 nitrogen and oxygen atoms in total. The second-order valence-corrected chi connectivity index (χ2v) is 12.3. The van der Waals surface area contributed by atoms with Gasteiger partial charge in [-0.2, -0.15) is 0 Å². The first-order valence-corrected chi connectivity index (χ1v) is 16.4. The SMILES string of the molecule is CCCCCCCC(F)(F)CCCCCCC/C=C\C(=O)N1C(=S)OC(c2ccccc2)(c2ccccc2)C1C(C)C. The highest BCUT2D eigenvalue weighted by Crippen LogP contribution is 2.47. The van der Waals surface area contributed by atoms with Crippen LogP contribution in [0, 0.1) is 5.92 Å². The third kappa shape index (κ3) is 9.20. The van der Waals surface area contributed by atoms with E-state index >= 15 is 0 Å². The molecule has 230 valence electrons. The Labute approximate surface area is 257 Å². The minimum absolute atomic E-state index is 0.00251. The second-order valence-electron chi connectivity index (χ2n) is 12.0. The molecule has 0 saturated carbocycles. The van der Waals surface area contributed by atoms with E-state index in [1.807, 2.05) is 66.7 Å². The van der Waals surface area contributed by atoms with Gasteiger partial charge in [-0.3, -0.25) is 9.69 Å². The third-order valence-corrected chi connectivity index (χ3v) is 8.51. The summed E-state index contributed by atoms with van der Waals surface area (Å²) in [4.78, 5) is 15.2. The standard InChI is InChI=1S/C36H49F2NO2S/c1-4-5-6-11-20-27-35(37,38)28-21-12-9-7-8-10-19-26-32(40)39-33(29(2)3)36(41-34(39)42,30-22-15-13-16-23-30)31-24-17-14-18-25-31/h13-19,22-26,29,33H,4-12,20-21,27-28H2,1-3H3/b26-19-. The van der Waals surface area contributed by atoms with Crippen molar-refractivity contribution in [2.45, 2.75) is 122 Å². The van der Waals surface area contributed by atoms with Crippen LogP contribution in [0.15, 0.2) is 72.8 Å². The molecule has 1 aliphatic heterocycles. The van der Waals surface area contributed by atoms with Crippen LogP contribution in [0.1, 0.15) is 115 Å². The Morgan fingerprint density at radius 1 is 0.881 bits per heavy atom. The van der Waals surface area contributed by atoms with E-state index in [9.17, 15) is 13.6 Å². The average molecular weight is 598 g/mol. The molecule has 0 spiro atoms. The van der Waals surface area contributed by atoms with Crippen molar-refractivity contribution in [3.63, 3.8) is 0 Å². The molecule has 1 fully saturated rings. The van der Waals surface area contributed by atoms with Gasteiger partial charge in [0.15, 0.2) is 5.60 Å². The van der Waals surface area contributed by atoms with Gasteiger partial charge < -0.3 is 4.74 Å². The van der Waals surface area contributed by atoms with E-state index in [0.29, 0.717) is 12.8 Å². The third-order valence-electron chi connectivity index (χ3n) is 8.23. The number of ether oxygens (including phenoxy) is 1. The summed E-state index contributed by atoms with van der Waals surface area (Å²) in [5.74, 6) is -2.64. The maximum Gasteiger partial charge on any atom is 0.268 e. The minimum atomic E-state index is -2.53. The number of unbranched alkanes of at least 4 members (excludes halogenated alkanes) is 9. The first kappa shape index (κ1) is 33.9. The van der Waals surface area contributed by atoms with Gasteiger partial charge in [0, 0.05) is 24.0 Å². The zero-order valence-electron chi connectivity index (χ0n) is 25.7. The Bertz CT molecular complexity index is 1080. The highest BCUT2D eigenvalue weighted by molar-refractivity contribution is 7.80. The molecule has 0 aromatic heterocycles. The van der Waals surface area contributed by atoms with Crippen molar-refractivity contribution in [1.82, 2.24) is 4.90 Å². The van der Waals surface area contributed by atoms with Crippen LogP contribution in [-0.4, -0.2) is 27.9 Å². The van der Waals surface area contributed by atoms with E-state index in [4.69, 9.17) is 17.0 Å². The zero-order valence-corrected chi connectivity index (χ0v) is 26.5. The van der Waals surface area contributed by atoms with Crippen LogP contribution >= 0.6 is 12.2 Å². The van der Waals surface area contributed by atoms with Crippen molar-refractivity contribution in [2.24, 2.45) is 5.92 Å². The van der Waals surface area contributed by atoms with Crippen LogP contribution in [0.3, 0.4) is 0 Å². The van der Waals surface area contributed by atoms with E-state index < -0.39 is 11.5 Å². The van der Waals surface area contributed by atoms with E-state index in [2.05, 4.69) is 20.8 Å². The summed E-state index contributed by atoms with van der Waals surface area (Å²) in [5, 5.41) is 0.189. The quantitative estimate of drug-likeness (QED) is 0.0973. The largest absolute Gasteiger partial charge is 0.452 e. The Balaban J connectivity index is 1.50. The lowest BCUT2D eigenvalue weighted by atomic mass is 9.75. The minimum Gasteiger partial charge on any atom is -0.452 e. The number of hydrogen-bond acceptors (Lipinski definition) is 3. The number of allylic oxidation sites excluding steroid dienone is 1. The Hall–Kier alpha value is -2.60. The van der Waals surface area contributed by atoms with Gasteiger partial charge in [-0.05, 0) is 49.9 Å². The molecule has 1 atom stereocenters. The molecular weight excluding hydrogens is 548 g/mol. The molecule has 0 aliphatic carbocycles. The molecular formula is C36H49F2NO2S. The number of benzene rings is 2. The van der Waals surface area contributed by atoms with Gasteiger partial charge in [0.2, 0.25) is 5.92 Å². The smallest absolute Gasteiger partial charge is 0.268 e. The predicted octanol–water partition coefficient (Wildman–Crippen LogP) is 10.4. The number of nitrogens with zero attached hydrogens (tertiary/aromatic N) is 1. The van der Waals surface area contributed by atoms with E-state index in [-0.39, 0.29) is 35.9 Å². The first-order chi connectivity index (χ1) is 20.2. The van der Waals surface area contributed by atoms with Gasteiger partial charge in [-0.1, -0.05) is 132 Å². The highest BCUT2D eigenvalue weighted by Gasteiger charge is 2.57. The lowest BCUT2D eigenvalue weighted by molar-refractivity contribution is -0.124. The Morgan fingerprint density at radius 3 is 1.90 bits per heavy atom. The Kier molecular flexibility index (Phi) is 13.6. The molecule has 1 aliphatic rings. The summed E-state index contributed by atoms with van der Waals surface area (Å²) in [6.07, 6.45) is 13.4. The van der Waals surface area contributed by atoms with Crippen LogP contribution in [0.4, 0.5) is 8.78 Å². The fourth-order valence-electron chi connectivity index (χ4n) is 6.09. The van der Waals surface area contributed by atoms with Gasteiger partial charge in [0.05, 0.1) is 6.04 Å². The van der Waals surface area contributed by atoms with Crippen molar-refractivity contribution >= 4 is 23.3 Å². The molecule has 6 heteroatoms. The van der Waals surface area contributed by atoms with Crippen molar-refractivity contribution < 1.29 is 18.3 Å². The average Bonchev–Trinajstić information content (AvgIpc) is 3.31. The van der Waals surface area contributed by atoms with Crippen molar-refractivity contribution in [3.8, 4) is 0 Å². The number of carbonyl (C=O) groups excluding carboxylic acids is 1. The topological polar surface area (TPSA) is 29.5 Å². The monoisotopic (exact) mass is 597 g/mol. The summed E-state index contributed by atoms with van der Waals surface area (Å²) >= 11 is 5.68. The van der Waals surface area contributed by atoms with Crippen LogP contribution in [0.5, 0.6) is 0 Å². The van der Waals surface area contributed by atoms with Crippen LogP contribution < -0.4 is 0 Å². The lowest BCUT2D eigenvalue weighted by Crippen LogP contribution is -2.49. The van der Waals surface area contributed by atoms with Gasteiger partial charge in [-0.15, -0.1) is 0 Å². The predicted molar refractivity (Wildman–Crippen MR) is 173 cm³/mol. The fraction of sp³-hybridized carbons (Fsp3) is 0.556. The summed E-state index contributed by atoms with van der Waals surface area (Å²) in [7, 11) is 0. The molecule has 0 bridgehead atoms. The molecule has 0 radical (unpaired) electrons. The molecule has 1 amide bonds. The van der Waals surface area contributed by atoms with Gasteiger partial charge in [0.25, 0.3) is 11.1 Å². The van der Waals surface area contributed by atoms with Gasteiger partial charge >= 0.3 is 0 Å². The molecule has 2 aromatic carbocycles. The molecule has 42 heavy (non-hydrogen) atoms. The van der Waals surface area contributed by atoms with Crippen LogP contribution in [-0.2, 0) is 15.1 Å². The van der Waals surface area contributed by atoms with E-state index in [1.165, 1.54) is 0 Å². The summed E-state index contributed by atoms with van der Waals surface area (Å²) < 4.78 is 34.7. The number of carbonyl (C=O) groups is 1. The molecule has 1 unspecified atom stereocenters. The second kappa shape index (κ2) is 16.9. The zero-order chi connectivity index (χ0) is 30.4. The number of alkyl halides is 2. The van der Waals surface area contributed by atoms with Crippen molar-refractivity contribution in [3.05, 3.63) is 83.9 Å². The summed E-state index contributed by atoms with van der Waals surface area (Å²) in [6.45, 7) is 6.32. The maximum atomic E-state index is 14.1. The number of thiocarbonyl (C=S) groups is 1. The maximum absolute atomic E-state index is 14.1. The lowest BCUT2D eigenvalue weighted by Gasteiger charge is -2.37. The van der Waals surface area contributed by atoms with Crippen LogP contribution in [0.25, 0.3) is 0 Å². The van der Waals surface area contributed by atoms with E-state index in [0.717, 1.165) is 68.9 Å². The molecule has 0 N–H and O–H groups in total. The van der Waals surface area contributed by atoms with Crippen LogP contribution in [0.2, 0.25) is 0 Å². The number of amides is 1. The fourth-order valence-corrected chi connectivity index (χ4v) is 6.42. The molecule has 2 aromatic rings. The number of rotatable bonds is 18. The first-order valence-electron chi connectivity index (χ1n) is 15.9. The van der Waals surface area contributed by atoms with Crippen molar-refractivity contribution in [2.75, 3.05) is 0 Å². The molecule has 1 saturated heterocycles.